The van der Waals surface area contributed by atoms with Crippen molar-refractivity contribution in [2.24, 2.45) is 9.98 Å². The van der Waals surface area contributed by atoms with Crippen molar-refractivity contribution in [2.75, 3.05) is 0 Å². The summed E-state index contributed by atoms with van der Waals surface area (Å²) < 4.78 is 0. The van der Waals surface area contributed by atoms with Crippen LogP contribution in [0.1, 0.15) is 92.2 Å². The lowest BCUT2D eigenvalue weighted by molar-refractivity contribution is -0.288. The van der Waals surface area contributed by atoms with Crippen LogP contribution in [0.3, 0.4) is 0 Å². The van der Waals surface area contributed by atoms with E-state index in [0.29, 0.717) is 0 Å². The molecule has 6 nitrogen and oxygen atoms in total. The minimum atomic E-state index is -0.430. The average Bonchev–Trinajstić information content (AvgIpc) is 2.67. The molecule has 2 fully saturated rings. The smallest absolute Gasteiger partial charge is 0.0536 e. The zero-order valence-electron chi connectivity index (χ0n) is 21.1. The Morgan fingerprint density at radius 3 is 1.22 bits per heavy atom. The normalized spacial score (nSPS) is 26.8. The van der Waals surface area contributed by atoms with Gasteiger partial charge in [-0.3, -0.25) is 9.98 Å². The molecule has 0 saturated carbocycles. The first-order chi connectivity index (χ1) is 14.6. The maximum absolute atomic E-state index is 12.6. The van der Waals surface area contributed by atoms with Gasteiger partial charge in [-0.2, -0.15) is 0 Å². The highest BCUT2D eigenvalue weighted by atomic mass is 16.5. The summed E-state index contributed by atoms with van der Waals surface area (Å²) >= 11 is 0. The molecule has 2 aliphatic heterocycles. The average molecular weight is 441 g/mol. The van der Waals surface area contributed by atoms with E-state index in [1.807, 2.05) is 80.0 Å². The van der Waals surface area contributed by atoms with Gasteiger partial charge in [-0.1, -0.05) is 24.3 Å². The summed E-state index contributed by atoms with van der Waals surface area (Å²) in [5, 5.41) is 27.7. The van der Waals surface area contributed by atoms with E-state index in [-0.39, 0.29) is 12.1 Å². The third kappa shape index (κ3) is 5.30. The number of piperidine rings is 2. The second kappa shape index (κ2) is 8.64. The molecule has 1 aromatic carbocycles. The zero-order chi connectivity index (χ0) is 23.9. The first-order valence-corrected chi connectivity index (χ1v) is 11.7. The van der Waals surface area contributed by atoms with E-state index in [2.05, 4.69) is 12.1 Å². The van der Waals surface area contributed by atoms with Gasteiger partial charge in [0.05, 0.1) is 12.1 Å². The van der Waals surface area contributed by atoms with Crippen LogP contribution in [0.5, 0.6) is 0 Å². The molecule has 2 aliphatic rings. The zero-order valence-corrected chi connectivity index (χ0v) is 21.1. The summed E-state index contributed by atoms with van der Waals surface area (Å²) in [5.74, 6) is 0. The second-order valence-electron chi connectivity index (χ2n) is 12.1. The van der Waals surface area contributed by atoms with Gasteiger partial charge in [-0.05, 0) is 81.1 Å². The summed E-state index contributed by atoms with van der Waals surface area (Å²) in [6.45, 7) is 16.0. The monoisotopic (exact) mass is 440 g/mol. The SMILES string of the molecule is CC1(C)CC(N=Cc2ccccc2C=NC2CC(C)(C)N([O])C(C)(C)C2)CC(C)(C)N1[O]. The van der Waals surface area contributed by atoms with Crippen LogP contribution in [0.15, 0.2) is 34.3 Å². The lowest BCUT2D eigenvalue weighted by Crippen LogP contribution is -2.59. The minimum absolute atomic E-state index is 0.109. The quantitative estimate of drug-likeness (QED) is 0.599. The van der Waals surface area contributed by atoms with Crippen LogP contribution >= 0.6 is 0 Å². The molecule has 0 N–H and O–H groups in total. The van der Waals surface area contributed by atoms with Crippen molar-refractivity contribution in [3.05, 3.63) is 35.4 Å². The molecule has 0 bridgehead atoms. The first-order valence-electron chi connectivity index (χ1n) is 11.7. The van der Waals surface area contributed by atoms with Gasteiger partial charge in [-0.15, -0.1) is 20.5 Å². The second-order valence-corrected chi connectivity index (χ2v) is 12.1. The molecular formula is C26H40N4O2. The summed E-state index contributed by atoms with van der Waals surface area (Å²) in [6.07, 6.45) is 6.84. The number of hydrogen-bond acceptors (Lipinski definition) is 4. The topological polar surface area (TPSA) is 71.0 Å². The van der Waals surface area contributed by atoms with Crippen molar-refractivity contribution >= 4 is 12.4 Å². The van der Waals surface area contributed by atoms with Crippen molar-refractivity contribution in [1.82, 2.24) is 10.1 Å². The molecule has 0 atom stereocenters. The van der Waals surface area contributed by atoms with E-state index in [9.17, 15) is 10.4 Å². The van der Waals surface area contributed by atoms with Crippen LogP contribution in [0, 0.1) is 0 Å². The summed E-state index contributed by atoms with van der Waals surface area (Å²) in [4.78, 5) is 9.78. The Hall–Kier alpha value is -1.60. The Balaban J connectivity index is 1.77. The van der Waals surface area contributed by atoms with E-state index in [1.54, 1.807) is 0 Å². The molecule has 3 rings (SSSR count). The van der Waals surface area contributed by atoms with Gasteiger partial charge < -0.3 is 0 Å². The number of nitrogens with zero attached hydrogens (tertiary/aromatic N) is 4. The van der Waals surface area contributed by atoms with Gasteiger partial charge in [0.25, 0.3) is 0 Å². The van der Waals surface area contributed by atoms with E-state index in [1.165, 1.54) is 10.1 Å². The Kier molecular flexibility index (Phi) is 6.76. The van der Waals surface area contributed by atoms with Crippen molar-refractivity contribution in [3.63, 3.8) is 0 Å². The summed E-state index contributed by atoms with van der Waals surface area (Å²) in [6, 6.07) is 8.34. The predicted molar refractivity (Wildman–Crippen MR) is 129 cm³/mol. The number of benzene rings is 1. The van der Waals surface area contributed by atoms with Crippen LogP contribution in [-0.4, -0.2) is 56.8 Å². The molecular weight excluding hydrogens is 400 g/mol. The Bertz CT molecular complexity index is 765. The standard InChI is InChI=1S/C26H40N4O2/c1-23(2)13-21(14-24(3,4)29(23)31)27-17-19-11-9-10-12-20(19)18-28-22-15-25(5,6)30(32)26(7,8)16-22/h9-12,17-18,21-22H,13-16H2,1-8H3. The van der Waals surface area contributed by atoms with Crippen molar-refractivity contribution in [3.8, 4) is 0 Å². The molecule has 2 saturated heterocycles. The Morgan fingerprint density at radius 1 is 0.656 bits per heavy atom. The maximum atomic E-state index is 12.6. The molecule has 1 aromatic rings. The fourth-order valence-electron chi connectivity index (χ4n) is 5.75. The first kappa shape index (κ1) is 25.0. The van der Waals surface area contributed by atoms with Crippen LogP contribution in [0.4, 0.5) is 0 Å². The van der Waals surface area contributed by atoms with Gasteiger partial charge >= 0.3 is 0 Å². The van der Waals surface area contributed by atoms with Crippen LogP contribution in [0.2, 0.25) is 0 Å². The number of rotatable bonds is 4. The highest BCUT2D eigenvalue weighted by Gasteiger charge is 2.47. The van der Waals surface area contributed by atoms with Crippen LogP contribution in [-0.2, 0) is 10.4 Å². The highest BCUT2D eigenvalue weighted by Crippen LogP contribution is 2.39. The molecule has 0 amide bonds. The molecule has 0 unspecified atom stereocenters. The largest absolute Gasteiger partial charge is 0.289 e. The molecule has 32 heavy (non-hydrogen) atoms. The third-order valence-corrected chi connectivity index (χ3v) is 6.98. The lowest BCUT2D eigenvalue weighted by atomic mass is 9.79. The van der Waals surface area contributed by atoms with Gasteiger partial charge in [0.15, 0.2) is 0 Å². The van der Waals surface area contributed by atoms with Crippen molar-refractivity contribution in [2.45, 2.75) is 115 Å². The summed E-state index contributed by atoms with van der Waals surface area (Å²) in [7, 11) is 0. The van der Waals surface area contributed by atoms with E-state index in [0.717, 1.165) is 36.8 Å². The number of hydrogen-bond donors (Lipinski definition) is 0. The molecule has 0 spiro atoms. The molecule has 2 radical (unpaired) electrons. The van der Waals surface area contributed by atoms with Crippen LogP contribution < -0.4 is 0 Å². The summed E-state index contributed by atoms with van der Waals surface area (Å²) in [5.41, 5.74) is 0.329. The minimum Gasteiger partial charge on any atom is -0.289 e. The Labute approximate surface area is 194 Å². The number of aliphatic imine (C=N–C) groups is 2. The number of hydroxylamine groups is 4. The highest BCUT2D eigenvalue weighted by molar-refractivity contribution is 5.94. The van der Waals surface area contributed by atoms with Crippen LogP contribution in [0.25, 0.3) is 0 Å². The fourth-order valence-corrected chi connectivity index (χ4v) is 5.75. The molecule has 176 valence electrons. The lowest BCUT2D eigenvalue weighted by Gasteiger charge is -2.49. The van der Waals surface area contributed by atoms with Crippen molar-refractivity contribution in [1.29, 1.82) is 0 Å². The van der Waals surface area contributed by atoms with Gasteiger partial charge in [0.1, 0.15) is 0 Å². The van der Waals surface area contributed by atoms with E-state index in [4.69, 9.17) is 9.98 Å². The molecule has 0 aliphatic carbocycles. The molecule has 0 aromatic heterocycles. The van der Waals surface area contributed by atoms with Gasteiger partial charge in [-0.25, -0.2) is 0 Å². The molecule has 6 heteroatoms. The fraction of sp³-hybridized carbons (Fsp3) is 0.692. The predicted octanol–water partition coefficient (Wildman–Crippen LogP) is 5.26. The Morgan fingerprint density at radius 2 is 0.938 bits per heavy atom. The van der Waals surface area contributed by atoms with Crippen molar-refractivity contribution < 1.29 is 10.4 Å². The molecule has 2 heterocycles. The third-order valence-electron chi connectivity index (χ3n) is 6.98. The van der Waals surface area contributed by atoms with E-state index < -0.39 is 22.2 Å². The van der Waals surface area contributed by atoms with Gasteiger partial charge in [0.2, 0.25) is 0 Å². The maximum Gasteiger partial charge on any atom is 0.0536 e. The van der Waals surface area contributed by atoms with E-state index >= 15 is 0 Å². The van der Waals surface area contributed by atoms with Gasteiger partial charge in [0, 0.05) is 45.7 Å².